The van der Waals surface area contributed by atoms with Gasteiger partial charge in [0.25, 0.3) is 11.8 Å². The largest absolute Gasteiger partial charge is 0.355 e. The van der Waals surface area contributed by atoms with E-state index in [1.165, 1.54) is 6.20 Å². The van der Waals surface area contributed by atoms with Crippen LogP contribution in [0.15, 0.2) is 54.7 Å². The van der Waals surface area contributed by atoms with Crippen molar-refractivity contribution in [2.75, 3.05) is 12.4 Å². The summed E-state index contributed by atoms with van der Waals surface area (Å²) in [6.07, 6.45) is 1.44. The van der Waals surface area contributed by atoms with Crippen molar-refractivity contribution in [1.82, 2.24) is 15.3 Å². The average molecular weight is 306 g/mol. The first-order valence-electron chi connectivity index (χ1n) is 7.02. The van der Waals surface area contributed by atoms with Crippen LogP contribution in [-0.4, -0.2) is 28.8 Å². The Morgan fingerprint density at radius 3 is 2.30 bits per heavy atom. The Balaban J connectivity index is 1.78. The molecule has 0 bridgehead atoms. The molecule has 0 unspecified atom stereocenters. The van der Waals surface area contributed by atoms with Gasteiger partial charge in [-0.3, -0.25) is 14.6 Å². The second-order valence-corrected chi connectivity index (χ2v) is 4.85. The molecule has 1 heterocycles. The molecule has 6 heteroatoms. The van der Waals surface area contributed by atoms with E-state index < -0.39 is 0 Å². The zero-order valence-electron chi connectivity index (χ0n) is 12.4. The maximum atomic E-state index is 12.2. The molecule has 0 radical (unpaired) electrons. The highest BCUT2D eigenvalue weighted by Crippen LogP contribution is 2.12. The number of carbonyl (C=O) groups is 2. The fourth-order valence-electron chi connectivity index (χ4n) is 2.11. The van der Waals surface area contributed by atoms with Crippen LogP contribution in [-0.2, 0) is 0 Å². The van der Waals surface area contributed by atoms with Crippen LogP contribution >= 0.6 is 0 Å². The van der Waals surface area contributed by atoms with E-state index in [0.717, 1.165) is 5.52 Å². The summed E-state index contributed by atoms with van der Waals surface area (Å²) in [5.41, 5.74) is 2.74. The Morgan fingerprint density at radius 1 is 0.913 bits per heavy atom. The number of amides is 2. The van der Waals surface area contributed by atoms with Gasteiger partial charge in [0.15, 0.2) is 0 Å². The molecular formula is C17H14N4O2. The number of aromatic nitrogens is 2. The lowest BCUT2D eigenvalue weighted by molar-refractivity contribution is 0.0962. The van der Waals surface area contributed by atoms with Crippen LogP contribution in [0.2, 0.25) is 0 Å². The monoisotopic (exact) mass is 306 g/mol. The van der Waals surface area contributed by atoms with E-state index in [4.69, 9.17) is 0 Å². The average Bonchev–Trinajstić information content (AvgIpc) is 2.61. The van der Waals surface area contributed by atoms with Crippen LogP contribution in [0, 0.1) is 0 Å². The third-order valence-corrected chi connectivity index (χ3v) is 3.31. The number of para-hydroxylation sites is 2. The number of rotatable bonds is 3. The van der Waals surface area contributed by atoms with Crippen molar-refractivity contribution >= 4 is 28.5 Å². The van der Waals surface area contributed by atoms with Gasteiger partial charge in [0.05, 0.1) is 17.2 Å². The molecule has 2 aromatic carbocycles. The number of benzene rings is 2. The van der Waals surface area contributed by atoms with E-state index in [1.807, 2.05) is 18.2 Å². The topological polar surface area (TPSA) is 84.0 Å². The van der Waals surface area contributed by atoms with Gasteiger partial charge in [-0.25, -0.2) is 4.98 Å². The summed E-state index contributed by atoms with van der Waals surface area (Å²) in [7, 11) is 1.57. The van der Waals surface area contributed by atoms with E-state index in [0.29, 0.717) is 16.8 Å². The lowest BCUT2D eigenvalue weighted by Gasteiger charge is -2.06. The lowest BCUT2D eigenvalue weighted by atomic mass is 10.2. The fourth-order valence-corrected chi connectivity index (χ4v) is 2.11. The highest BCUT2D eigenvalue weighted by molar-refractivity contribution is 6.03. The van der Waals surface area contributed by atoms with E-state index in [2.05, 4.69) is 20.6 Å². The molecule has 1 aromatic heterocycles. The third-order valence-electron chi connectivity index (χ3n) is 3.31. The van der Waals surface area contributed by atoms with Crippen molar-refractivity contribution in [3.8, 4) is 0 Å². The molecule has 0 fully saturated rings. The smallest absolute Gasteiger partial charge is 0.275 e. The van der Waals surface area contributed by atoms with Gasteiger partial charge in [-0.05, 0) is 36.4 Å². The first kappa shape index (κ1) is 14.6. The van der Waals surface area contributed by atoms with Gasteiger partial charge >= 0.3 is 0 Å². The van der Waals surface area contributed by atoms with E-state index in [1.54, 1.807) is 37.4 Å². The molecule has 114 valence electrons. The number of hydrogen-bond acceptors (Lipinski definition) is 4. The number of nitrogens with zero attached hydrogens (tertiary/aromatic N) is 2. The molecular weight excluding hydrogens is 292 g/mol. The molecule has 0 aliphatic heterocycles. The van der Waals surface area contributed by atoms with E-state index in [9.17, 15) is 9.59 Å². The SMILES string of the molecule is CNC(=O)c1ccc(NC(=O)c2cnc3ccccc3n2)cc1. The van der Waals surface area contributed by atoms with Gasteiger partial charge in [0, 0.05) is 18.3 Å². The molecule has 0 aliphatic carbocycles. The molecule has 3 rings (SSSR count). The molecule has 0 saturated carbocycles. The predicted octanol–water partition coefficient (Wildman–Crippen LogP) is 2.24. The Kier molecular flexibility index (Phi) is 3.97. The second-order valence-electron chi connectivity index (χ2n) is 4.85. The van der Waals surface area contributed by atoms with Crippen molar-refractivity contribution in [3.05, 3.63) is 66.0 Å². The van der Waals surface area contributed by atoms with Crippen LogP contribution in [0.3, 0.4) is 0 Å². The van der Waals surface area contributed by atoms with E-state index >= 15 is 0 Å². The zero-order chi connectivity index (χ0) is 16.2. The molecule has 0 saturated heterocycles. The summed E-state index contributed by atoms with van der Waals surface area (Å²) in [6.45, 7) is 0. The Labute approximate surface area is 132 Å². The first-order chi connectivity index (χ1) is 11.2. The van der Waals surface area contributed by atoms with Crippen molar-refractivity contribution in [2.24, 2.45) is 0 Å². The van der Waals surface area contributed by atoms with Crippen LogP contribution in [0.5, 0.6) is 0 Å². The minimum atomic E-state index is -0.351. The maximum Gasteiger partial charge on any atom is 0.275 e. The van der Waals surface area contributed by atoms with Crippen LogP contribution < -0.4 is 10.6 Å². The summed E-state index contributed by atoms with van der Waals surface area (Å²) in [4.78, 5) is 32.2. The second kappa shape index (κ2) is 6.23. The summed E-state index contributed by atoms with van der Waals surface area (Å²) in [6, 6.07) is 14.0. The zero-order valence-corrected chi connectivity index (χ0v) is 12.4. The molecule has 2 N–H and O–H groups in total. The molecule has 23 heavy (non-hydrogen) atoms. The standard InChI is InChI=1S/C17H14N4O2/c1-18-16(22)11-6-8-12(9-7-11)20-17(23)15-10-19-13-4-2-3-5-14(13)21-15/h2-10H,1H3,(H,18,22)(H,20,23). The third kappa shape index (κ3) is 3.16. The molecule has 0 atom stereocenters. The van der Waals surface area contributed by atoms with Crippen molar-refractivity contribution in [3.63, 3.8) is 0 Å². The highest BCUT2D eigenvalue weighted by atomic mass is 16.2. The van der Waals surface area contributed by atoms with Gasteiger partial charge in [-0.15, -0.1) is 0 Å². The Bertz CT molecular complexity index is 875. The molecule has 3 aromatic rings. The summed E-state index contributed by atoms with van der Waals surface area (Å²) < 4.78 is 0. The van der Waals surface area contributed by atoms with Crippen molar-refractivity contribution in [2.45, 2.75) is 0 Å². The molecule has 6 nitrogen and oxygen atoms in total. The van der Waals surface area contributed by atoms with E-state index in [-0.39, 0.29) is 17.5 Å². The van der Waals surface area contributed by atoms with Gasteiger partial charge in [-0.2, -0.15) is 0 Å². The van der Waals surface area contributed by atoms with Gasteiger partial charge in [0.2, 0.25) is 0 Å². The van der Waals surface area contributed by atoms with Gasteiger partial charge in [-0.1, -0.05) is 12.1 Å². The quantitative estimate of drug-likeness (QED) is 0.777. The highest BCUT2D eigenvalue weighted by Gasteiger charge is 2.10. The molecule has 2 amide bonds. The molecule has 0 aliphatic rings. The van der Waals surface area contributed by atoms with Crippen LogP contribution in [0.4, 0.5) is 5.69 Å². The number of carbonyl (C=O) groups excluding carboxylic acids is 2. The Hall–Kier alpha value is -3.28. The number of hydrogen-bond donors (Lipinski definition) is 2. The Morgan fingerprint density at radius 2 is 1.61 bits per heavy atom. The maximum absolute atomic E-state index is 12.2. The van der Waals surface area contributed by atoms with Crippen molar-refractivity contribution < 1.29 is 9.59 Å². The summed E-state index contributed by atoms with van der Waals surface area (Å²) in [5.74, 6) is -0.529. The predicted molar refractivity (Wildman–Crippen MR) is 87.3 cm³/mol. The van der Waals surface area contributed by atoms with Gasteiger partial charge < -0.3 is 10.6 Å². The summed E-state index contributed by atoms with van der Waals surface area (Å²) in [5, 5.41) is 5.27. The van der Waals surface area contributed by atoms with Gasteiger partial charge in [0.1, 0.15) is 5.69 Å². The number of fused-ring (bicyclic) bond motifs is 1. The number of nitrogens with one attached hydrogen (secondary N) is 2. The van der Waals surface area contributed by atoms with Crippen LogP contribution in [0.1, 0.15) is 20.8 Å². The lowest BCUT2D eigenvalue weighted by Crippen LogP contribution is -2.18. The first-order valence-corrected chi connectivity index (χ1v) is 7.02. The summed E-state index contributed by atoms with van der Waals surface area (Å²) >= 11 is 0. The minimum Gasteiger partial charge on any atom is -0.355 e. The molecule has 0 spiro atoms. The van der Waals surface area contributed by atoms with Crippen molar-refractivity contribution in [1.29, 1.82) is 0 Å². The van der Waals surface area contributed by atoms with Crippen LogP contribution in [0.25, 0.3) is 11.0 Å². The normalized spacial score (nSPS) is 10.3. The number of anilines is 1. The fraction of sp³-hybridized carbons (Fsp3) is 0.0588. The minimum absolute atomic E-state index is 0.178.